The van der Waals surface area contributed by atoms with Crippen molar-refractivity contribution in [3.8, 4) is 0 Å². The van der Waals surface area contributed by atoms with Crippen LogP contribution in [-0.2, 0) is 26.4 Å². The molecule has 0 atom stereocenters. The van der Waals surface area contributed by atoms with Gasteiger partial charge in [0.15, 0.2) is 0 Å². The Labute approximate surface area is 144 Å². The van der Waals surface area contributed by atoms with Gasteiger partial charge in [0.2, 0.25) is 0 Å². The largest absolute Gasteiger partial charge is 0.358 e. The number of rotatable bonds is 3. The summed E-state index contributed by atoms with van der Waals surface area (Å²) in [6.45, 7) is 0.430. The first-order chi connectivity index (χ1) is 12.1. The number of hydrogen-bond donors (Lipinski definition) is 2. The Kier molecular flexibility index (Phi) is 3.87. The van der Waals surface area contributed by atoms with Crippen LogP contribution in [-0.4, -0.2) is 20.7 Å². The average molecular weight is 336 g/mol. The molecule has 6 heteroatoms. The second kappa shape index (κ2) is 6.20. The molecule has 0 saturated heterocycles. The summed E-state index contributed by atoms with van der Waals surface area (Å²) in [7, 11) is 1.53. The minimum absolute atomic E-state index is 0.237. The SMILES string of the molecule is Cn1nc(C(=O)NCc2ccc3[nH]c4c(c3c2)CCCC4)ccc1=O. The minimum atomic E-state index is -0.285. The summed E-state index contributed by atoms with van der Waals surface area (Å²) in [5, 5.41) is 8.11. The molecule has 2 N–H and O–H groups in total. The molecular formula is C19H20N4O2. The van der Waals surface area contributed by atoms with Gasteiger partial charge >= 0.3 is 0 Å². The van der Waals surface area contributed by atoms with Crippen molar-refractivity contribution in [2.45, 2.75) is 32.2 Å². The number of fused-ring (bicyclic) bond motifs is 3. The van der Waals surface area contributed by atoms with E-state index in [1.165, 1.54) is 54.2 Å². The van der Waals surface area contributed by atoms with E-state index in [0.29, 0.717) is 6.54 Å². The fourth-order valence-electron chi connectivity index (χ4n) is 3.46. The average Bonchev–Trinajstić information content (AvgIpc) is 3.00. The molecule has 1 aliphatic rings. The van der Waals surface area contributed by atoms with Crippen LogP contribution < -0.4 is 10.9 Å². The van der Waals surface area contributed by atoms with Gasteiger partial charge in [0.1, 0.15) is 5.69 Å². The molecule has 128 valence electrons. The number of aromatic nitrogens is 3. The topological polar surface area (TPSA) is 79.8 Å². The Morgan fingerprint density at radius 1 is 1.24 bits per heavy atom. The predicted molar refractivity (Wildman–Crippen MR) is 95.6 cm³/mol. The quantitative estimate of drug-likeness (QED) is 0.768. The molecule has 6 nitrogen and oxygen atoms in total. The number of carbonyl (C=O) groups excluding carboxylic acids is 1. The van der Waals surface area contributed by atoms with Crippen LogP contribution in [0, 0.1) is 0 Å². The van der Waals surface area contributed by atoms with E-state index in [4.69, 9.17) is 0 Å². The van der Waals surface area contributed by atoms with Gasteiger partial charge in [0.05, 0.1) is 0 Å². The molecule has 0 saturated carbocycles. The van der Waals surface area contributed by atoms with Gasteiger partial charge in [-0.15, -0.1) is 0 Å². The van der Waals surface area contributed by atoms with E-state index in [9.17, 15) is 9.59 Å². The molecule has 0 aliphatic heterocycles. The lowest BCUT2D eigenvalue weighted by Crippen LogP contribution is -2.28. The van der Waals surface area contributed by atoms with Crippen LogP contribution in [0.4, 0.5) is 0 Å². The Balaban J connectivity index is 1.53. The van der Waals surface area contributed by atoms with Crippen molar-refractivity contribution >= 4 is 16.8 Å². The van der Waals surface area contributed by atoms with Crippen LogP contribution in [0.15, 0.2) is 35.1 Å². The van der Waals surface area contributed by atoms with Crippen LogP contribution in [0.3, 0.4) is 0 Å². The van der Waals surface area contributed by atoms with E-state index < -0.39 is 0 Å². The highest BCUT2D eigenvalue weighted by Crippen LogP contribution is 2.29. The Bertz CT molecular complexity index is 1020. The number of nitrogens with zero attached hydrogens (tertiary/aromatic N) is 2. The molecule has 2 aromatic heterocycles. The molecule has 2 heterocycles. The highest BCUT2D eigenvalue weighted by molar-refractivity contribution is 5.92. The third kappa shape index (κ3) is 2.95. The van der Waals surface area contributed by atoms with Gasteiger partial charge < -0.3 is 10.3 Å². The fourth-order valence-corrected chi connectivity index (χ4v) is 3.46. The zero-order chi connectivity index (χ0) is 17.4. The third-order valence-corrected chi connectivity index (χ3v) is 4.81. The molecule has 0 spiro atoms. The molecule has 25 heavy (non-hydrogen) atoms. The monoisotopic (exact) mass is 336 g/mol. The smallest absolute Gasteiger partial charge is 0.271 e. The molecule has 0 unspecified atom stereocenters. The number of amides is 1. The van der Waals surface area contributed by atoms with E-state index in [1.54, 1.807) is 0 Å². The van der Waals surface area contributed by atoms with Gasteiger partial charge in [-0.25, -0.2) is 4.68 Å². The van der Waals surface area contributed by atoms with E-state index in [-0.39, 0.29) is 17.2 Å². The van der Waals surface area contributed by atoms with Crippen molar-refractivity contribution < 1.29 is 4.79 Å². The lowest BCUT2D eigenvalue weighted by Gasteiger charge is -2.10. The summed E-state index contributed by atoms with van der Waals surface area (Å²) in [6, 6.07) is 9.06. The zero-order valence-corrected chi connectivity index (χ0v) is 14.1. The highest BCUT2D eigenvalue weighted by Gasteiger charge is 2.15. The Morgan fingerprint density at radius 2 is 2.08 bits per heavy atom. The number of benzene rings is 1. The van der Waals surface area contributed by atoms with Crippen molar-refractivity contribution in [3.63, 3.8) is 0 Å². The number of aromatic amines is 1. The van der Waals surface area contributed by atoms with Crippen molar-refractivity contribution in [2.75, 3.05) is 0 Å². The summed E-state index contributed by atoms with van der Waals surface area (Å²) in [5.41, 5.74) is 5.01. The van der Waals surface area contributed by atoms with Gasteiger partial charge in [-0.2, -0.15) is 5.10 Å². The first-order valence-electron chi connectivity index (χ1n) is 8.57. The van der Waals surface area contributed by atoms with Crippen molar-refractivity contribution in [1.29, 1.82) is 0 Å². The van der Waals surface area contributed by atoms with Crippen molar-refractivity contribution in [2.24, 2.45) is 7.05 Å². The lowest BCUT2D eigenvalue weighted by atomic mass is 9.95. The minimum Gasteiger partial charge on any atom is -0.358 e. The number of hydrogen-bond acceptors (Lipinski definition) is 3. The normalized spacial score (nSPS) is 13.6. The maximum Gasteiger partial charge on any atom is 0.271 e. The Morgan fingerprint density at radius 3 is 2.92 bits per heavy atom. The predicted octanol–water partition coefficient (Wildman–Crippen LogP) is 2.07. The molecule has 0 radical (unpaired) electrons. The van der Waals surface area contributed by atoms with Gasteiger partial charge in [-0.3, -0.25) is 9.59 Å². The second-order valence-corrected chi connectivity index (χ2v) is 6.53. The molecule has 0 bridgehead atoms. The highest BCUT2D eigenvalue weighted by atomic mass is 16.2. The van der Waals surface area contributed by atoms with Crippen LogP contribution >= 0.6 is 0 Å². The second-order valence-electron chi connectivity index (χ2n) is 6.53. The maximum atomic E-state index is 12.2. The Hall–Kier alpha value is -2.89. The van der Waals surface area contributed by atoms with E-state index >= 15 is 0 Å². The molecule has 1 amide bonds. The van der Waals surface area contributed by atoms with Crippen LogP contribution in [0.1, 0.15) is 40.2 Å². The molecule has 0 fully saturated rings. The molecular weight excluding hydrogens is 316 g/mol. The number of carbonyl (C=O) groups is 1. The zero-order valence-electron chi connectivity index (χ0n) is 14.1. The number of nitrogens with one attached hydrogen (secondary N) is 2. The number of H-pyrrole nitrogens is 1. The first-order valence-corrected chi connectivity index (χ1v) is 8.57. The maximum absolute atomic E-state index is 12.2. The van der Waals surface area contributed by atoms with Gasteiger partial charge in [-0.1, -0.05) is 6.07 Å². The van der Waals surface area contributed by atoms with Crippen molar-refractivity contribution in [3.05, 3.63) is 63.2 Å². The van der Waals surface area contributed by atoms with E-state index in [2.05, 4.69) is 27.5 Å². The molecule has 1 aliphatic carbocycles. The van der Waals surface area contributed by atoms with Crippen molar-refractivity contribution in [1.82, 2.24) is 20.1 Å². The summed E-state index contributed by atoms with van der Waals surface area (Å²) < 4.78 is 1.16. The van der Waals surface area contributed by atoms with Gasteiger partial charge in [0.25, 0.3) is 11.5 Å². The standard InChI is InChI=1S/C19H20N4O2/c1-23-18(24)9-8-17(22-23)19(25)20-11-12-6-7-16-14(10-12)13-4-2-3-5-15(13)21-16/h6-10,21H,2-5,11H2,1H3,(H,20,25). The first kappa shape index (κ1) is 15.6. The summed E-state index contributed by atoms with van der Waals surface area (Å²) in [5.74, 6) is -0.285. The fraction of sp³-hybridized carbons (Fsp3) is 0.316. The van der Waals surface area contributed by atoms with Crippen LogP contribution in [0.5, 0.6) is 0 Å². The van der Waals surface area contributed by atoms with E-state index in [0.717, 1.165) is 23.1 Å². The molecule has 1 aromatic carbocycles. The molecule has 4 rings (SSSR count). The summed E-state index contributed by atoms with van der Waals surface area (Å²) in [4.78, 5) is 27.1. The molecule has 3 aromatic rings. The summed E-state index contributed by atoms with van der Waals surface area (Å²) >= 11 is 0. The number of aryl methyl sites for hydroxylation is 3. The van der Waals surface area contributed by atoms with Crippen LogP contribution in [0.25, 0.3) is 10.9 Å². The lowest BCUT2D eigenvalue weighted by molar-refractivity contribution is 0.0943. The summed E-state index contributed by atoms with van der Waals surface area (Å²) in [6.07, 6.45) is 4.72. The van der Waals surface area contributed by atoms with Gasteiger partial charge in [-0.05, 0) is 55.0 Å². The van der Waals surface area contributed by atoms with Crippen LogP contribution in [0.2, 0.25) is 0 Å². The third-order valence-electron chi connectivity index (χ3n) is 4.81. The van der Waals surface area contributed by atoms with E-state index in [1.807, 2.05) is 6.07 Å². The van der Waals surface area contributed by atoms with Gasteiger partial charge in [0, 0.05) is 36.3 Å².